The van der Waals surface area contributed by atoms with Crippen LogP contribution in [0.15, 0.2) is 241 Å². The Labute approximate surface area is 387 Å². The van der Waals surface area contributed by atoms with Gasteiger partial charge in [0.05, 0.1) is 5.41 Å². The second-order valence-corrected chi connectivity index (χ2v) is 18.3. The highest BCUT2D eigenvalue weighted by molar-refractivity contribution is 6.26. The summed E-state index contributed by atoms with van der Waals surface area (Å²) in [6, 6.07) is 87.7. The van der Waals surface area contributed by atoms with Crippen LogP contribution in [0.25, 0.3) is 98.4 Å². The molecule has 0 N–H and O–H groups in total. The maximum Gasteiger partial charge on any atom is 0.143 e. The second kappa shape index (κ2) is 13.7. The molecule has 2 heteroatoms. The fourth-order valence-electron chi connectivity index (χ4n) is 12.3. The van der Waals surface area contributed by atoms with Gasteiger partial charge in [0.25, 0.3) is 0 Å². The van der Waals surface area contributed by atoms with E-state index in [-0.39, 0.29) is 0 Å². The molecule has 2 aliphatic carbocycles. The van der Waals surface area contributed by atoms with Crippen molar-refractivity contribution in [3.63, 3.8) is 0 Å². The number of furan rings is 1. The van der Waals surface area contributed by atoms with Crippen molar-refractivity contribution in [2.24, 2.45) is 0 Å². The van der Waals surface area contributed by atoms with Gasteiger partial charge in [-0.2, -0.15) is 0 Å². The second-order valence-electron chi connectivity index (χ2n) is 18.3. The van der Waals surface area contributed by atoms with Crippen molar-refractivity contribution < 1.29 is 4.42 Å². The van der Waals surface area contributed by atoms with E-state index in [4.69, 9.17) is 4.42 Å². The normalized spacial score (nSPS) is 13.2. The molecule has 0 aliphatic heterocycles. The summed E-state index contributed by atoms with van der Waals surface area (Å²) in [5.41, 5.74) is 17.5. The van der Waals surface area contributed by atoms with Gasteiger partial charge in [-0.15, -0.1) is 0 Å². The van der Waals surface area contributed by atoms with Crippen LogP contribution < -0.4 is 4.90 Å². The highest BCUT2D eigenvalue weighted by Gasteiger charge is 2.51. The van der Waals surface area contributed by atoms with Gasteiger partial charge < -0.3 is 9.32 Å². The summed E-state index contributed by atoms with van der Waals surface area (Å²) < 4.78 is 6.63. The van der Waals surface area contributed by atoms with Crippen molar-refractivity contribution in [1.82, 2.24) is 0 Å². The highest BCUT2D eigenvalue weighted by atomic mass is 16.3. The quantitative estimate of drug-likeness (QED) is 0.164. The molecule has 0 saturated heterocycles. The van der Waals surface area contributed by atoms with E-state index in [0.29, 0.717) is 0 Å². The van der Waals surface area contributed by atoms with Gasteiger partial charge in [0.2, 0.25) is 0 Å². The minimum Gasteiger partial charge on any atom is -0.455 e. The van der Waals surface area contributed by atoms with E-state index in [1.165, 1.54) is 82.2 Å². The summed E-state index contributed by atoms with van der Waals surface area (Å²) in [7, 11) is 0. The Bertz CT molecular complexity index is 4130. The van der Waals surface area contributed by atoms with Crippen molar-refractivity contribution in [2.45, 2.75) is 5.41 Å². The molecule has 2 nitrogen and oxygen atoms in total. The lowest BCUT2D eigenvalue weighted by Crippen LogP contribution is -2.26. The lowest BCUT2D eigenvalue weighted by molar-refractivity contribution is 0.673. The Balaban J connectivity index is 0.967. The summed E-state index contributed by atoms with van der Waals surface area (Å²) in [5.74, 6) is 0. The first-order chi connectivity index (χ1) is 33.2. The topological polar surface area (TPSA) is 16.4 Å². The number of benzene rings is 12. The summed E-state index contributed by atoms with van der Waals surface area (Å²) in [5, 5.41) is 12.1. The van der Waals surface area contributed by atoms with Gasteiger partial charge in [-0.3, -0.25) is 0 Å². The number of nitrogens with zero attached hydrogens (tertiary/aromatic N) is 1. The fourth-order valence-corrected chi connectivity index (χ4v) is 12.3. The molecule has 13 aromatic rings. The monoisotopic (exact) mass is 849 g/mol. The van der Waals surface area contributed by atoms with Crippen molar-refractivity contribution in [3.05, 3.63) is 259 Å². The molecular weight excluding hydrogens is 811 g/mol. The maximum absolute atomic E-state index is 6.63. The van der Waals surface area contributed by atoms with E-state index in [9.17, 15) is 0 Å². The molecule has 67 heavy (non-hydrogen) atoms. The van der Waals surface area contributed by atoms with Crippen molar-refractivity contribution in [3.8, 4) is 33.4 Å². The molecule has 0 fully saturated rings. The summed E-state index contributed by atoms with van der Waals surface area (Å²) >= 11 is 0. The minimum absolute atomic E-state index is 0.458. The predicted octanol–water partition coefficient (Wildman–Crippen LogP) is 17.7. The molecular formula is C65H39NO. The van der Waals surface area contributed by atoms with E-state index < -0.39 is 5.41 Å². The molecule has 310 valence electrons. The zero-order valence-electron chi connectivity index (χ0n) is 36.4. The fraction of sp³-hybridized carbons (Fsp3) is 0.0154. The van der Waals surface area contributed by atoms with Crippen LogP contribution in [0.5, 0.6) is 0 Å². The molecule has 0 saturated carbocycles. The van der Waals surface area contributed by atoms with E-state index >= 15 is 0 Å². The molecule has 1 spiro atoms. The molecule has 12 aromatic carbocycles. The Morgan fingerprint density at radius 2 is 0.776 bits per heavy atom. The van der Waals surface area contributed by atoms with Gasteiger partial charge in [0, 0.05) is 33.2 Å². The van der Waals surface area contributed by atoms with Crippen LogP contribution in [0.1, 0.15) is 22.3 Å². The molecule has 0 bridgehead atoms. The summed E-state index contributed by atoms with van der Waals surface area (Å²) in [4.78, 5) is 2.47. The van der Waals surface area contributed by atoms with Crippen molar-refractivity contribution in [1.29, 1.82) is 0 Å². The third kappa shape index (κ3) is 4.94. The molecule has 0 atom stereocenters. The van der Waals surface area contributed by atoms with Crippen LogP contribution in [0.4, 0.5) is 17.1 Å². The summed E-state index contributed by atoms with van der Waals surface area (Å²) in [6.45, 7) is 0. The average Bonchev–Trinajstić information content (AvgIpc) is 4.04. The number of rotatable bonds is 4. The lowest BCUT2D eigenvalue weighted by Gasteiger charge is -2.32. The lowest BCUT2D eigenvalue weighted by atomic mass is 9.70. The largest absolute Gasteiger partial charge is 0.455 e. The SMILES string of the molecule is c1ccc2c(c1)-c1ccccc1C21c2ccccc2-c2ccc(N(c3ccc(-c4cccc5oc6c7ccccc7ccc6c45)cc3)c3ccc4c5ccccc5c5ccccc5c4c3)cc21. The zero-order chi connectivity index (χ0) is 43.8. The number of anilines is 3. The minimum atomic E-state index is -0.458. The van der Waals surface area contributed by atoms with Crippen molar-refractivity contribution in [2.75, 3.05) is 4.90 Å². The Hall–Kier alpha value is -8.72. The Morgan fingerprint density at radius 3 is 1.43 bits per heavy atom. The first-order valence-electron chi connectivity index (χ1n) is 23.2. The van der Waals surface area contributed by atoms with Gasteiger partial charge in [-0.25, -0.2) is 0 Å². The Kier molecular flexibility index (Phi) is 7.46. The number of fused-ring (bicyclic) bond motifs is 21. The van der Waals surface area contributed by atoms with Gasteiger partial charge in [0.15, 0.2) is 0 Å². The molecule has 0 unspecified atom stereocenters. The number of hydrogen-bond acceptors (Lipinski definition) is 2. The van der Waals surface area contributed by atoms with E-state index in [1.54, 1.807) is 0 Å². The first kappa shape index (κ1) is 36.6. The van der Waals surface area contributed by atoms with Crippen LogP contribution in [0, 0.1) is 0 Å². The highest BCUT2D eigenvalue weighted by Crippen LogP contribution is 2.63. The zero-order valence-corrected chi connectivity index (χ0v) is 36.4. The molecule has 1 heterocycles. The third-order valence-electron chi connectivity index (χ3n) is 15.0. The standard InChI is InChI=1S/C65H39NO/c1-2-15-46-40(14-1)30-35-56-63-45(23-13-27-62(63)67-64(46)56)41-28-31-42(32-29-41)66(43-33-36-51-49-18-4-3-16-47(49)48-17-5-6-19-50(48)57(51)38-43)44-34-37-55-54-22-9-12-26-60(54)65(61(55)39-44)58-24-10-7-20-52(58)53-21-8-11-25-59(53)65/h1-39H. The molecule has 0 amide bonds. The van der Waals surface area contributed by atoms with Crippen LogP contribution in [0.2, 0.25) is 0 Å². The molecule has 2 aliphatic rings. The van der Waals surface area contributed by atoms with Crippen molar-refractivity contribution >= 4 is 82.1 Å². The van der Waals surface area contributed by atoms with Crippen LogP contribution >= 0.6 is 0 Å². The van der Waals surface area contributed by atoms with E-state index in [0.717, 1.165) is 55.5 Å². The molecule has 1 aromatic heterocycles. The predicted molar refractivity (Wildman–Crippen MR) is 280 cm³/mol. The number of hydrogen-bond donors (Lipinski definition) is 0. The smallest absolute Gasteiger partial charge is 0.143 e. The molecule has 0 radical (unpaired) electrons. The van der Waals surface area contributed by atoms with Crippen LogP contribution in [-0.4, -0.2) is 0 Å². The maximum atomic E-state index is 6.63. The Morgan fingerprint density at radius 1 is 0.299 bits per heavy atom. The molecule has 15 rings (SSSR count). The van der Waals surface area contributed by atoms with Gasteiger partial charge in [-0.1, -0.05) is 188 Å². The third-order valence-corrected chi connectivity index (χ3v) is 15.0. The average molecular weight is 850 g/mol. The van der Waals surface area contributed by atoms with Crippen LogP contribution in [-0.2, 0) is 5.41 Å². The van der Waals surface area contributed by atoms with Gasteiger partial charge in [-0.05, 0) is 142 Å². The van der Waals surface area contributed by atoms with Crippen LogP contribution in [0.3, 0.4) is 0 Å². The first-order valence-corrected chi connectivity index (χ1v) is 23.2. The van der Waals surface area contributed by atoms with Gasteiger partial charge in [0.1, 0.15) is 11.2 Å². The summed E-state index contributed by atoms with van der Waals surface area (Å²) in [6.07, 6.45) is 0. The van der Waals surface area contributed by atoms with Gasteiger partial charge >= 0.3 is 0 Å². The van der Waals surface area contributed by atoms with E-state index in [2.05, 4.69) is 241 Å². The van der Waals surface area contributed by atoms with E-state index in [1.807, 2.05) is 0 Å².